The van der Waals surface area contributed by atoms with Gasteiger partial charge in [0.05, 0.1) is 15.7 Å². The first-order chi connectivity index (χ1) is 9.63. The Balaban J connectivity index is 1.61. The highest BCUT2D eigenvalue weighted by atomic mass is 79.9. The van der Waals surface area contributed by atoms with E-state index >= 15 is 0 Å². The van der Waals surface area contributed by atoms with Crippen LogP contribution in [-0.2, 0) is 0 Å². The Labute approximate surface area is 137 Å². The van der Waals surface area contributed by atoms with Crippen LogP contribution in [0.1, 0.15) is 24.3 Å². The highest BCUT2D eigenvalue weighted by Gasteiger charge is 2.30. The van der Waals surface area contributed by atoms with Crippen molar-refractivity contribution in [1.29, 1.82) is 0 Å². The van der Waals surface area contributed by atoms with E-state index in [-0.39, 0.29) is 0 Å². The third-order valence-electron chi connectivity index (χ3n) is 3.79. The van der Waals surface area contributed by atoms with Crippen LogP contribution in [0.15, 0.2) is 46.9 Å². The Kier molecular flexibility index (Phi) is 4.25. The summed E-state index contributed by atoms with van der Waals surface area (Å²) in [4.78, 5) is 0. The molecular formula is C16H14BrCl2N. The molecule has 0 atom stereocenters. The normalized spacial score (nSPS) is 21.4. The molecule has 2 aromatic rings. The van der Waals surface area contributed by atoms with Crippen molar-refractivity contribution in [2.24, 2.45) is 0 Å². The fourth-order valence-electron chi connectivity index (χ4n) is 2.58. The van der Waals surface area contributed by atoms with E-state index in [0.717, 1.165) is 23.0 Å². The highest BCUT2D eigenvalue weighted by molar-refractivity contribution is 9.10. The Morgan fingerprint density at radius 2 is 1.70 bits per heavy atom. The lowest BCUT2D eigenvalue weighted by atomic mass is 9.76. The summed E-state index contributed by atoms with van der Waals surface area (Å²) in [6, 6.07) is 14.8. The largest absolute Gasteiger partial charge is 0.381 e. The van der Waals surface area contributed by atoms with Crippen molar-refractivity contribution in [2.75, 3.05) is 5.32 Å². The monoisotopic (exact) mass is 369 g/mol. The van der Waals surface area contributed by atoms with Crippen molar-refractivity contribution in [3.05, 3.63) is 62.5 Å². The summed E-state index contributed by atoms with van der Waals surface area (Å²) in [5.74, 6) is 0.638. The summed E-state index contributed by atoms with van der Waals surface area (Å²) in [7, 11) is 0. The first-order valence-electron chi connectivity index (χ1n) is 6.59. The Hall–Kier alpha value is -0.700. The van der Waals surface area contributed by atoms with Gasteiger partial charge in [-0.05, 0) is 48.6 Å². The van der Waals surface area contributed by atoms with Gasteiger partial charge in [0, 0.05) is 10.5 Å². The summed E-state index contributed by atoms with van der Waals surface area (Å²) in [6.45, 7) is 0. The molecule has 1 saturated carbocycles. The lowest BCUT2D eigenvalue weighted by Crippen LogP contribution is -2.34. The first kappa shape index (κ1) is 14.2. The van der Waals surface area contributed by atoms with Crippen LogP contribution in [0.4, 0.5) is 5.69 Å². The number of anilines is 1. The third kappa shape index (κ3) is 2.98. The van der Waals surface area contributed by atoms with Crippen LogP contribution in [0.2, 0.25) is 10.0 Å². The predicted molar refractivity (Wildman–Crippen MR) is 90.0 cm³/mol. The molecule has 1 aliphatic carbocycles. The minimum Gasteiger partial charge on any atom is -0.381 e. The fourth-order valence-corrected chi connectivity index (χ4v) is 3.20. The molecular weight excluding hydrogens is 357 g/mol. The van der Waals surface area contributed by atoms with Crippen molar-refractivity contribution < 1.29 is 0 Å². The molecule has 1 nitrogen and oxygen atoms in total. The summed E-state index contributed by atoms with van der Waals surface area (Å²) in [6.07, 6.45) is 2.26. The van der Waals surface area contributed by atoms with Gasteiger partial charge in [-0.2, -0.15) is 0 Å². The van der Waals surface area contributed by atoms with Gasteiger partial charge in [0.2, 0.25) is 0 Å². The molecule has 0 radical (unpaired) electrons. The van der Waals surface area contributed by atoms with Gasteiger partial charge in [-0.1, -0.05) is 57.3 Å². The van der Waals surface area contributed by atoms with E-state index in [4.69, 9.17) is 23.2 Å². The second kappa shape index (κ2) is 5.97. The van der Waals surface area contributed by atoms with Crippen molar-refractivity contribution in [3.63, 3.8) is 0 Å². The molecule has 3 rings (SSSR count). The number of hydrogen-bond acceptors (Lipinski definition) is 1. The molecule has 0 heterocycles. The van der Waals surface area contributed by atoms with E-state index < -0.39 is 0 Å². The van der Waals surface area contributed by atoms with Crippen molar-refractivity contribution >= 4 is 44.8 Å². The lowest BCUT2D eigenvalue weighted by Gasteiger charge is -2.37. The number of rotatable bonds is 3. The van der Waals surface area contributed by atoms with E-state index in [9.17, 15) is 0 Å². The zero-order valence-corrected chi connectivity index (χ0v) is 13.8. The van der Waals surface area contributed by atoms with Gasteiger partial charge in [-0.3, -0.25) is 0 Å². The van der Waals surface area contributed by atoms with Gasteiger partial charge in [-0.15, -0.1) is 0 Å². The second-order valence-corrected chi connectivity index (χ2v) is 6.86. The molecule has 0 saturated heterocycles. The molecule has 20 heavy (non-hydrogen) atoms. The zero-order chi connectivity index (χ0) is 14.1. The smallest absolute Gasteiger partial charge is 0.0823 e. The molecule has 1 N–H and O–H groups in total. The van der Waals surface area contributed by atoms with E-state index in [1.807, 2.05) is 12.1 Å². The van der Waals surface area contributed by atoms with Gasteiger partial charge < -0.3 is 5.32 Å². The van der Waals surface area contributed by atoms with E-state index in [2.05, 4.69) is 45.5 Å². The van der Waals surface area contributed by atoms with Crippen LogP contribution < -0.4 is 5.32 Å². The minimum absolute atomic E-state index is 0.472. The van der Waals surface area contributed by atoms with Gasteiger partial charge in [0.25, 0.3) is 0 Å². The molecule has 0 aromatic heterocycles. The molecule has 0 amide bonds. The van der Waals surface area contributed by atoms with Crippen LogP contribution in [0.25, 0.3) is 0 Å². The molecule has 0 aliphatic heterocycles. The standard InChI is InChI=1S/C16H14BrCl2N/c17-12-6-4-10(5-7-12)11-8-13(9-11)20-15-3-1-2-14(18)16(15)19/h1-7,11,13,20H,8-9H2. The molecule has 4 heteroatoms. The molecule has 2 aromatic carbocycles. The highest BCUT2D eigenvalue weighted by Crippen LogP contribution is 2.40. The quantitative estimate of drug-likeness (QED) is 0.686. The molecule has 0 spiro atoms. The average molecular weight is 371 g/mol. The Morgan fingerprint density at radius 3 is 2.40 bits per heavy atom. The van der Waals surface area contributed by atoms with Gasteiger partial charge >= 0.3 is 0 Å². The van der Waals surface area contributed by atoms with E-state index in [0.29, 0.717) is 22.0 Å². The van der Waals surface area contributed by atoms with Gasteiger partial charge in [0.15, 0.2) is 0 Å². The number of hydrogen-bond donors (Lipinski definition) is 1. The molecule has 1 aliphatic rings. The summed E-state index contributed by atoms with van der Waals surface area (Å²) in [5, 5.41) is 4.68. The van der Waals surface area contributed by atoms with Crippen molar-refractivity contribution in [3.8, 4) is 0 Å². The molecule has 0 bridgehead atoms. The number of halogens is 3. The van der Waals surface area contributed by atoms with Crippen molar-refractivity contribution in [2.45, 2.75) is 24.8 Å². The number of nitrogens with one attached hydrogen (secondary N) is 1. The fraction of sp³-hybridized carbons (Fsp3) is 0.250. The SMILES string of the molecule is Clc1cccc(NC2CC(c3ccc(Br)cc3)C2)c1Cl. The maximum atomic E-state index is 6.19. The van der Waals surface area contributed by atoms with Crippen LogP contribution in [-0.4, -0.2) is 6.04 Å². The third-order valence-corrected chi connectivity index (χ3v) is 5.14. The average Bonchev–Trinajstić information content (AvgIpc) is 2.39. The summed E-state index contributed by atoms with van der Waals surface area (Å²) in [5.41, 5.74) is 2.34. The Bertz CT molecular complexity index is 606. The Morgan fingerprint density at radius 1 is 1.00 bits per heavy atom. The van der Waals surface area contributed by atoms with Crippen molar-refractivity contribution in [1.82, 2.24) is 0 Å². The lowest BCUT2D eigenvalue weighted by molar-refractivity contribution is 0.374. The molecule has 104 valence electrons. The zero-order valence-electron chi connectivity index (χ0n) is 10.7. The summed E-state index contributed by atoms with van der Waals surface area (Å²) < 4.78 is 1.13. The van der Waals surface area contributed by atoms with E-state index in [1.54, 1.807) is 6.07 Å². The van der Waals surface area contributed by atoms with Crippen LogP contribution in [0.5, 0.6) is 0 Å². The second-order valence-electron chi connectivity index (χ2n) is 5.16. The number of benzene rings is 2. The minimum atomic E-state index is 0.472. The first-order valence-corrected chi connectivity index (χ1v) is 8.14. The molecule has 0 unspecified atom stereocenters. The van der Waals surface area contributed by atoms with Gasteiger partial charge in [0.1, 0.15) is 0 Å². The topological polar surface area (TPSA) is 12.0 Å². The van der Waals surface area contributed by atoms with Crippen LogP contribution >= 0.6 is 39.1 Å². The maximum absolute atomic E-state index is 6.19. The van der Waals surface area contributed by atoms with Gasteiger partial charge in [-0.25, -0.2) is 0 Å². The maximum Gasteiger partial charge on any atom is 0.0823 e. The summed E-state index contributed by atoms with van der Waals surface area (Å²) >= 11 is 15.7. The van der Waals surface area contributed by atoms with Crippen LogP contribution in [0, 0.1) is 0 Å². The predicted octanol–water partition coefficient (Wildman–Crippen LogP) is 6.11. The molecule has 1 fully saturated rings. The van der Waals surface area contributed by atoms with Crippen LogP contribution in [0.3, 0.4) is 0 Å². The van der Waals surface area contributed by atoms with E-state index in [1.165, 1.54) is 5.56 Å².